The van der Waals surface area contributed by atoms with Crippen molar-refractivity contribution in [2.45, 2.75) is 38.1 Å². The molecule has 2 heteroatoms. The van der Waals surface area contributed by atoms with Crippen molar-refractivity contribution in [3.63, 3.8) is 0 Å². The van der Waals surface area contributed by atoms with Gasteiger partial charge in [0.15, 0.2) is 0 Å². The summed E-state index contributed by atoms with van der Waals surface area (Å²) in [6, 6.07) is 5.07. The minimum absolute atomic E-state index is 0.646. The minimum atomic E-state index is 0.646. The van der Waals surface area contributed by atoms with Gasteiger partial charge in [-0.2, -0.15) is 0 Å². The molecular weight excluding hydrogens is 190 g/mol. The third-order valence-electron chi connectivity index (χ3n) is 2.83. The van der Waals surface area contributed by atoms with Crippen LogP contribution in [0.2, 0.25) is 0 Å². The molecule has 1 aromatic carbocycles. The third-order valence-corrected chi connectivity index (χ3v) is 4.22. The molecule has 0 aliphatic carbocycles. The molecule has 0 bridgehead atoms. The number of rotatable bonds is 1. The van der Waals surface area contributed by atoms with Crippen LogP contribution in [0.25, 0.3) is 0 Å². The van der Waals surface area contributed by atoms with Gasteiger partial charge in [0, 0.05) is 16.7 Å². The Morgan fingerprint density at radius 3 is 2.79 bits per heavy atom. The van der Waals surface area contributed by atoms with Crippen molar-refractivity contribution < 1.29 is 0 Å². The average molecular weight is 207 g/mol. The van der Waals surface area contributed by atoms with Crippen molar-refractivity contribution in [1.82, 2.24) is 0 Å². The average Bonchev–Trinajstić information content (AvgIpc) is 2.23. The largest absolute Gasteiger partial charge is 0.380 e. The predicted molar refractivity (Wildman–Crippen MR) is 64.3 cm³/mol. The predicted octanol–water partition coefficient (Wildman–Crippen LogP) is 3.60. The molecule has 1 aliphatic heterocycles. The fourth-order valence-electron chi connectivity index (χ4n) is 1.80. The molecule has 2 rings (SSSR count). The highest BCUT2D eigenvalue weighted by Gasteiger charge is 2.19. The highest BCUT2D eigenvalue weighted by Crippen LogP contribution is 2.38. The van der Waals surface area contributed by atoms with Gasteiger partial charge in [-0.1, -0.05) is 19.1 Å². The molecule has 1 atom stereocenters. The van der Waals surface area contributed by atoms with E-state index in [1.807, 2.05) is 11.8 Å². The summed E-state index contributed by atoms with van der Waals surface area (Å²) in [4.78, 5) is 1.45. The fraction of sp³-hybridized carbons (Fsp3) is 0.500. The molecule has 0 saturated heterocycles. The molecule has 0 amide bonds. The molecule has 76 valence electrons. The normalized spacial score (nSPS) is 20.1. The standard InChI is InChI=1S/C12H17NS/c1-4-10-7-14-12-9(3)6-5-8(2)11(12)13-10/h5-6,10,13H,4,7H2,1-3H3. The highest BCUT2D eigenvalue weighted by atomic mass is 32.2. The SMILES string of the molecule is CCC1CSc2c(C)ccc(C)c2N1. The summed E-state index contributed by atoms with van der Waals surface area (Å²) >= 11 is 2.00. The first-order valence-corrected chi connectivity index (χ1v) is 6.20. The molecule has 0 spiro atoms. The van der Waals surface area contributed by atoms with E-state index < -0.39 is 0 Å². The van der Waals surface area contributed by atoms with Crippen molar-refractivity contribution in [3.8, 4) is 0 Å². The molecule has 0 aromatic heterocycles. The second-order valence-corrected chi connectivity index (χ2v) is 4.99. The number of hydrogen-bond acceptors (Lipinski definition) is 2. The van der Waals surface area contributed by atoms with Crippen LogP contribution in [-0.4, -0.2) is 11.8 Å². The number of hydrogen-bond donors (Lipinski definition) is 1. The first-order chi connectivity index (χ1) is 6.72. The first kappa shape index (κ1) is 9.91. The monoisotopic (exact) mass is 207 g/mol. The van der Waals surface area contributed by atoms with Crippen LogP contribution in [0.3, 0.4) is 0 Å². The summed E-state index contributed by atoms with van der Waals surface area (Å²) in [6.07, 6.45) is 1.21. The van der Waals surface area contributed by atoms with E-state index in [9.17, 15) is 0 Å². The van der Waals surface area contributed by atoms with E-state index in [1.165, 1.54) is 33.9 Å². The molecular formula is C12H17NS. The topological polar surface area (TPSA) is 12.0 Å². The first-order valence-electron chi connectivity index (χ1n) is 5.22. The van der Waals surface area contributed by atoms with Gasteiger partial charge in [0.25, 0.3) is 0 Å². The van der Waals surface area contributed by atoms with Crippen LogP contribution in [0.15, 0.2) is 17.0 Å². The molecule has 14 heavy (non-hydrogen) atoms. The van der Waals surface area contributed by atoms with Crippen molar-refractivity contribution in [3.05, 3.63) is 23.3 Å². The van der Waals surface area contributed by atoms with Gasteiger partial charge >= 0.3 is 0 Å². The van der Waals surface area contributed by atoms with Crippen LogP contribution < -0.4 is 5.32 Å². The smallest absolute Gasteiger partial charge is 0.0513 e. The summed E-state index contributed by atoms with van der Waals surface area (Å²) in [7, 11) is 0. The molecule has 1 nitrogen and oxygen atoms in total. The molecule has 0 saturated carbocycles. The van der Waals surface area contributed by atoms with E-state index in [4.69, 9.17) is 0 Å². The van der Waals surface area contributed by atoms with Gasteiger partial charge < -0.3 is 5.32 Å². The summed E-state index contributed by atoms with van der Waals surface area (Å²) in [5.41, 5.74) is 4.14. The van der Waals surface area contributed by atoms with E-state index in [-0.39, 0.29) is 0 Å². The number of aryl methyl sites for hydroxylation is 2. The highest BCUT2D eigenvalue weighted by molar-refractivity contribution is 7.99. The minimum Gasteiger partial charge on any atom is -0.380 e. The number of thioether (sulfide) groups is 1. The van der Waals surface area contributed by atoms with Crippen LogP contribution in [0.1, 0.15) is 24.5 Å². The molecule has 0 fully saturated rings. The Balaban J connectivity index is 2.40. The summed E-state index contributed by atoms with van der Waals surface area (Å²) in [5, 5.41) is 3.63. The van der Waals surface area contributed by atoms with Crippen molar-refractivity contribution in [2.75, 3.05) is 11.1 Å². The Labute approximate surface area is 90.3 Å². The summed E-state index contributed by atoms with van der Waals surface area (Å²) in [5.74, 6) is 1.20. The van der Waals surface area contributed by atoms with Crippen LogP contribution in [0.4, 0.5) is 5.69 Å². The van der Waals surface area contributed by atoms with E-state index in [1.54, 1.807) is 0 Å². The van der Waals surface area contributed by atoms with Gasteiger partial charge in [0.2, 0.25) is 0 Å². The zero-order chi connectivity index (χ0) is 10.1. The lowest BCUT2D eigenvalue weighted by Crippen LogP contribution is -2.25. The number of benzene rings is 1. The zero-order valence-corrected chi connectivity index (χ0v) is 9.87. The molecule has 1 N–H and O–H groups in total. The van der Waals surface area contributed by atoms with Crippen molar-refractivity contribution in [1.29, 1.82) is 0 Å². The van der Waals surface area contributed by atoms with E-state index in [0.717, 1.165) is 0 Å². The molecule has 1 heterocycles. The Morgan fingerprint density at radius 1 is 1.36 bits per heavy atom. The Bertz CT molecular complexity index is 346. The number of fused-ring (bicyclic) bond motifs is 1. The third kappa shape index (κ3) is 1.63. The quantitative estimate of drug-likeness (QED) is 0.755. The fourth-order valence-corrected chi connectivity index (χ4v) is 3.15. The molecule has 1 aliphatic rings. The van der Waals surface area contributed by atoms with E-state index in [0.29, 0.717) is 6.04 Å². The van der Waals surface area contributed by atoms with Gasteiger partial charge in [-0.25, -0.2) is 0 Å². The Morgan fingerprint density at radius 2 is 2.07 bits per heavy atom. The van der Waals surface area contributed by atoms with Crippen LogP contribution in [0.5, 0.6) is 0 Å². The van der Waals surface area contributed by atoms with Crippen LogP contribution in [-0.2, 0) is 0 Å². The summed E-state index contributed by atoms with van der Waals surface area (Å²) < 4.78 is 0. The van der Waals surface area contributed by atoms with E-state index >= 15 is 0 Å². The number of anilines is 1. The van der Waals surface area contributed by atoms with Gasteiger partial charge in [-0.15, -0.1) is 11.8 Å². The second kappa shape index (κ2) is 3.85. The van der Waals surface area contributed by atoms with Gasteiger partial charge in [-0.05, 0) is 31.4 Å². The van der Waals surface area contributed by atoms with E-state index in [2.05, 4.69) is 38.2 Å². The number of nitrogens with one attached hydrogen (secondary N) is 1. The Kier molecular flexibility index (Phi) is 2.73. The van der Waals surface area contributed by atoms with Crippen molar-refractivity contribution in [2.24, 2.45) is 0 Å². The lowest BCUT2D eigenvalue weighted by Gasteiger charge is -2.28. The molecule has 1 aromatic rings. The maximum atomic E-state index is 3.63. The second-order valence-electron chi connectivity index (χ2n) is 3.96. The lowest BCUT2D eigenvalue weighted by atomic mass is 10.1. The van der Waals surface area contributed by atoms with Gasteiger partial charge in [0.1, 0.15) is 0 Å². The van der Waals surface area contributed by atoms with Crippen LogP contribution >= 0.6 is 11.8 Å². The van der Waals surface area contributed by atoms with Gasteiger partial charge in [0.05, 0.1) is 5.69 Å². The maximum Gasteiger partial charge on any atom is 0.0513 e. The van der Waals surface area contributed by atoms with Crippen molar-refractivity contribution >= 4 is 17.4 Å². The van der Waals surface area contributed by atoms with Crippen LogP contribution in [0, 0.1) is 13.8 Å². The molecule has 0 radical (unpaired) electrons. The zero-order valence-electron chi connectivity index (χ0n) is 9.05. The van der Waals surface area contributed by atoms with Gasteiger partial charge in [-0.3, -0.25) is 0 Å². The lowest BCUT2D eigenvalue weighted by molar-refractivity contribution is 0.762. The Hall–Kier alpha value is -0.630. The summed E-state index contributed by atoms with van der Waals surface area (Å²) in [6.45, 7) is 6.62. The maximum absolute atomic E-state index is 3.63. The molecule has 1 unspecified atom stereocenters.